The lowest BCUT2D eigenvalue weighted by molar-refractivity contribution is 0.198. The van der Waals surface area contributed by atoms with Gasteiger partial charge >= 0.3 is 0 Å². The van der Waals surface area contributed by atoms with E-state index in [1.165, 1.54) is 12.3 Å². The summed E-state index contributed by atoms with van der Waals surface area (Å²) in [5.74, 6) is -0.274. The molecule has 1 heterocycles. The van der Waals surface area contributed by atoms with Crippen LogP contribution in [0.5, 0.6) is 5.88 Å². The topological polar surface area (TPSA) is 53.0 Å². The van der Waals surface area contributed by atoms with E-state index < -0.39 is 6.10 Å². The van der Waals surface area contributed by atoms with Crippen LogP contribution in [-0.2, 0) is 5.11 Å². The molecular weight excluding hydrogens is 130 g/mol. The number of aromatic nitrogens is 1. The fraction of sp³-hybridized carbons (Fsp3) is 0.286. The van der Waals surface area contributed by atoms with Crippen LogP contribution in [0.1, 0.15) is 18.6 Å². The molecule has 1 N–H and O–H groups in total. The first-order valence-electron chi connectivity index (χ1n) is 3.01. The highest BCUT2D eigenvalue weighted by molar-refractivity contribution is 5.17. The van der Waals surface area contributed by atoms with E-state index in [2.05, 4.69) is 4.98 Å². The number of pyridine rings is 1. The molecule has 3 heteroatoms. The zero-order valence-corrected chi connectivity index (χ0v) is 5.61. The van der Waals surface area contributed by atoms with Gasteiger partial charge in [-0.05, 0) is 18.6 Å². The molecule has 53 valence electrons. The van der Waals surface area contributed by atoms with Crippen molar-refractivity contribution in [1.82, 2.24) is 4.98 Å². The molecule has 0 aliphatic carbocycles. The Morgan fingerprint density at radius 2 is 2.30 bits per heavy atom. The first-order chi connectivity index (χ1) is 4.70. The molecule has 0 fully saturated rings. The number of aliphatic hydroxyl groups is 1. The lowest BCUT2D eigenvalue weighted by Crippen LogP contribution is -1.90. The van der Waals surface area contributed by atoms with Gasteiger partial charge in [0.05, 0.1) is 6.10 Å². The quantitative estimate of drug-likeness (QED) is 0.635. The van der Waals surface area contributed by atoms with Crippen molar-refractivity contribution in [3.63, 3.8) is 0 Å². The molecule has 0 saturated carbocycles. The number of nitrogens with zero attached hydrogens (tertiary/aromatic N) is 1. The van der Waals surface area contributed by atoms with Crippen LogP contribution in [0.4, 0.5) is 0 Å². The summed E-state index contributed by atoms with van der Waals surface area (Å²) in [5, 5.41) is 19.4. The van der Waals surface area contributed by atoms with Gasteiger partial charge in [-0.1, -0.05) is 0 Å². The van der Waals surface area contributed by atoms with E-state index in [1.54, 1.807) is 13.0 Å². The summed E-state index contributed by atoms with van der Waals surface area (Å²) in [6.45, 7) is 1.63. The Bertz CT molecular complexity index is 205. The Labute approximate surface area is 59.0 Å². The van der Waals surface area contributed by atoms with E-state index in [0.717, 1.165) is 0 Å². The second-order valence-electron chi connectivity index (χ2n) is 2.11. The normalized spacial score (nSPS) is 13.0. The molecular formula is C7H8NO2. The van der Waals surface area contributed by atoms with E-state index in [-0.39, 0.29) is 5.88 Å². The standard InChI is InChI=1S/C7H8NO2/c1-5(9)6-2-3-7(10)8-4-6/h2-5,9H,1H3. The monoisotopic (exact) mass is 138 g/mol. The molecule has 0 bridgehead atoms. The van der Waals surface area contributed by atoms with Crippen molar-refractivity contribution in [2.45, 2.75) is 13.0 Å². The summed E-state index contributed by atoms with van der Waals surface area (Å²) < 4.78 is 0. The van der Waals surface area contributed by atoms with E-state index in [1.807, 2.05) is 0 Å². The Morgan fingerprint density at radius 3 is 2.70 bits per heavy atom. The highest BCUT2D eigenvalue weighted by Crippen LogP contribution is 2.12. The van der Waals surface area contributed by atoms with Crippen molar-refractivity contribution in [3.8, 4) is 5.88 Å². The molecule has 0 amide bonds. The van der Waals surface area contributed by atoms with Crippen LogP contribution in [0.15, 0.2) is 18.3 Å². The first kappa shape index (κ1) is 7.02. The fourth-order valence-electron chi connectivity index (χ4n) is 0.639. The van der Waals surface area contributed by atoms with Gasteiger partial charge in [0.15, 0.2) is 0 Å². The average molecular weight is 138 g/mol. The van der Waals surface area contributed by atoms with Crippen molar-refractivity contribution in [3.05, 3.63) is 23.9 Å². The Kier molecular flexibility index (Phi) is 1.87. The van der Waals surface area contributed by atoms with Crippen LogP contribution in [0.2, 0.25) is 0 Å². The van der Waals surface area contributed by atoms with Crippen molar-refractivity contribution in [2.75, 3.05) is 0 Å². The lowest BCUT2D eigenvalue weighted by Gasteiger charge is -2.00. The Hall–Kier alpha value is -1.09. The summed E-state index contributed by atoms with van der Waals surface area (Å²) in [5.41, 5.74) is 0.666. The molecule has 10 heavy (non-hydrogen) atoms. The van der Waals surface area contributed by atoms with Crippen LogP contribution in [0.3, 0.4) is 0 Å². The van der Waals surface area contributed by atoms with Gasteiger partial charge in [-0.3, -0.25) is 5.11 Å². The molecule has 0 aliphatic rings. The van der Waals surface area contributed by atoms with Crippen LogP contribution in [0.25, 0.3) is 0 Å². The summed E-state index contributed by atoms with van der Waals surface area (Å²) in [4.78, 5) is 3.48. The number of hydrogen-bond acceptors (Lipinski definition) is 2. The van der Waals surface area contributed by atoms with Crippen LogP contribution in [-0.4, -0.2) is 10.1 Å². The zero-order chi connectivity index (χ0) is 7.56. The maximum atomic E-state index is 10.5. The van der Waals surface area contributed by atoms with Crippen molar-refractivity contribution in [2.24, 2.45) is 0 Å². The fourth-order valence-corrected chi connectivity index (χ4v) is 0.639. The summed E-state index contributed by atoms with van der Waals surface area (Å²) in [7, 11) is 0. The number of rotatable bonds is 1. The molecule has 3 nitrogen and oxygen atoms in total. The molecule has 0 aliphatic heterocycles. The van der Waals surface area contributed by atoms with Crippen LogP contribution in [0, 0.1) is 0 Å². The summed E-state index contributed by atoms with van der Waals surface area (Å²) >= 11 is 0. The maximum Gasteiger partial charge on any atom is 0.269 e. The molecule has 1 aromatic heterocycles. The summed E-state index contributed by atoms with van der Waals surface area (Å²) in [6, 6.07) is 2.90. The van der Waals surface area contributed by atoms with Gasteiger partial charge in [0.1, 0.15) is 0 Å². The molecule has 1 rings (SSSR count). The molecule has 1 aromatic rings. The van der Waals surface area contributed by atoms with E-state index in [0.29, 0.717) is 5.56 Å². The van der Waals surface area contributed by atoms with Gasteiger partial charge < -0.3 is 5.11 Å². The van der Waals surface area contributed by atoms with Crippen molar-refractivity contribution in [1.29, 1.82) is 0 Å². The minimum absolute atomic E-state index is 0.274. The third-order valence-electron chi connectivity index (χ3n) is 1.24. The minimum atomic E-state index is -0.548. The van der Waals surface area contributed by atoms with E-state index in [9.17, 15) is 5.11 Å². The molecule has 1 unspecified atom stereocenters. The third-order valence-corrected chi connectivity index (χ3v) is 1.24. The molecule has 0 saturated heterocycles. The van der Waals surface area contributed by atoms with Crippen LogP contribution >= 0.6 is 0 Å². The highest BCUT2D eigenvalue weighted by atomic mass is 16.3. The van der Waals surface area contributed by atoms with Gasteiger partial charge in [-0.2, -0.15) is 0 Å². The third kappa shape index (κ3) is 1.45. The smallest absolute Gasteiger partial charge is 0.269 e. The molecule has 0 aromatic carbocycles. The van der Waals surface area contributed by atoms with Gasteiger partial charge in [-0.25, -0.2) is 4.98 Å². The van der Waals surface area contributed by atoms with Gasteiger partial charge in [0, 0.05) is 12.3 Å². The highest BCUT2D eigenvalue weighted by Gasteiger charge is 1.99. The molecule has 0 spiro atoms. The number of aliphatic hydroxyl groups excluding tert-OH is 1. The predicted octanol–water partition coefficient (Wildman–Crippen LogP) is 1.28. The lowest BCUT2D eigenvalue weighted by atomic mass is 10.2. The minimum Gasteiger partial charge on any atom is -0.389 e. The Morgan fingerprint density at radius 1 is 1.60 bits per heavy atom. The second-order valence-corrected chi connectivity index (χ2v) is 2.11. The van der Waals surface area contributed by atoms with Crippen LogP contribution < -0.4 is 0 Å². The zero-order valence-electron chi connectivity index (χ0n) is 5.61. The van der Waals surface area contributed by atoms with Gasteiger partial charge in [0.2, 0.25) is 0 Å². The predicted molar refractivity (Wildman–Crippen MR) is 35.0 cm³/mol. The second kappa shape index (κ2) is 2.66. The number of hydrogen-bond donors (Lipinski definition) is 1. The summed E-state index contributed by atoms with van der Waals surface area (Å²) in [6.07, 6.45) is 0.834. The molecule has 1 radical (unpaired) electrons. The largest absolute Gasteiger partial charge is 0.389 e. The Balaban J connectivity index is 2.89. The first-order valence-corrected chi connectivity index (χ1v) is 3.01. The SMILES string of the molecule is CC(O)c1ccc([O])nc1. The molecule has 1 atom stereocenters. The van der Waals surface area contributed by atoms with E-state index >= 15 is 0 Å². The van der Waals surface area contributed by atoms with Crippen molar-refractivity contribution >= 4 is 0 Å². The van der Waals surface area contributed by atoms with Gasteiger partial charge in [0.25, 0.3) is 5.88 Å². The van der Waals surface area contributed by atoms with Gasteiger partial charge in [-0.15, -0.1) is 0 Å². The average Bonchev–Trinajstić information content (AvgIpc) is 1.88. The maximum absolute atomic E-state index is 10.5. The van der Waals surface area contributed by atoms with E-state index in [4.69, 9.17) is 5.11 Å². The van der Waals surface area contributed by atoms with Crippen molar-refractivity contribution < 1.29 is 10.2 Å².